The molecule has 0 aliphatic carbocycles. The molecule has 3 rings (SSSR count). The Bertz CT molecular complexity index is 753. The van der Waals surface area contributed by atoms with Crippen LogP contribution in [0.15, 0.2) is 60.7 Å². The summed E-state index contributed by atoms with van der Waals surface area (Å²) in [4.78, 5) is 25.4. The lowest BCUT2D eigenvalue weighted by Crippen LogP contribution is -2.39. The quantitative estimate of drug-likeness (QED) is 0.878. The minimum atomic E-state index is -0.615. The Morgan fingerprint density at radius 2 is 1.88 bits per heavy atom. The molecule has 0 unspecified atom stereocenters. The van der Waals surface area contributed by atoms with Gasteiger partial charge in [-0.15, -0.1) is 0 Å². The molecule has 0 saturated carbocycles. The predicted octanol–water partition coefficient (Wildman–Crippen LogP) is 3.00. The number of phenolic OH excluding ortho intramolecular Hbond substituents is 1. The van der Waals surface area contributed by atoms with Crippen molar-refractivity contribution in [2.75, 3.05) is 6.61 Å². The minimum Gasteiger partial charge on any atom is -0.508 e. The fourth-order valence-corrected chi connectivity index (χ4v) is 2.60. The number of nitrogens with zero attached hydrogens (tertiary/aromatic N) is 1. The summed E-state index contributed by atoms with van der Waals surface area (Å²) in [7, 11) is 0. The maximum absolute atomic E-state index is 12.4. The van der Waals surface area contributed by atoms with Crippen molar-refractivity contribution in [2.24, 2.45) is 0 Å². The largest absolute Gasteiger partial charge is 0.508 e. The zero-order valence-corrected chi connectivity index (χ0v) is 13.0. The molecule has 2 amide bonds. The van der Waals surface area contributed by atoms with Gasteiger partial charge >= 0.3 is 6.09 Å². The number of amides is 2. The third-order valence-corrected chi connectivity index (χ3v) is 3.82. The highest BCUT2D eigenvalue weighted by Crippen LogP contribution is 2.18. The first-order valence-electron chi connectivity index (χ1n) is 7.64. The molecule has 24 heavy (non-hydrogen) atoms. The number of carbonyl (C=O) groups excluding carboxylic acids is 2. The Labute approximate surface area is 139 Å². The zero-order valence-electron chi connectivity index (χ0n) is 13.0. The summed E-state index contributed by atoms with van der Waals surface area (Å²) in [6.07, 6.45) is 2.89. The van der Waals surface area contributed by atoms with E-state index >= 15 is 0 Å². The third kappa shape index (κ3) is 3.63. The Kier molecular flexibility index (Phi) is 4.61. The summed E-state index contributed by atoms with van der Waals surface area (Å²) in [6, 6.07) is 15.8. The molecule has 0 aromatic heterocycles. The topological polar surface area (TPSA) is 66.8 Å². The van der Waals surface area contributed by atoms with E-state index in [1.807, 2.05) is 30.3 Å². The molecule has 1 aliphatic heterocycles. The number of rotatable bonds is 4. The number of aromatic hydroxyl groups is 1. The number of hydrogen-bond acceptors (Lipinski definition) is 4. The molecule has 1 heterocycles. The first-order chi connectivity index (χ1) is 11.6. The van der Waals surface area contributed by atoms with Crippen LogP contribution < -0.4 is 0 Å². The van der Waals surface area contributed by atoms with Crippen LogP contribution in [0.5, 0.6) is 5.75 Å². The van der Waals surface area contributed by atoms with Crippen LogP contribution in [0.2, 0.25) is 0 Å². The summed E-state index contributed by atoms with van der Waals surface area (Å²) in [5.74, 6) is -0.254. The molecule has 0 radical (unpaired) electrons. The molecular weight excluding hydrogens is 306 g/mol. The number of ether oxygens (including phenoxy) is 1. The van der Waals surface area contributed by atoms with E-state index in [-0.39, 0.29) is 18.4 Å². The van der Waals surface area contributed by atoms with Gasteiger partial charge in [-0.2, -0.15) is 0 Å². The third-order valence-electron chi connectivity index (χ3n) is 3.82. The van der Waals surface area contributed by atoms with Crippen LogP contribution in [-0.4, -0.2) is 34.7 Å². The Balaban J connectivity index is 1.71. The molecule has 1 saturated heterocycles. The first kappa shape index (κ1) is 15.8. The second-order valence-corrected chi connectivity index (χ2v) is 5.55. The molecule has 5 nitrogen and oxygen atoms in total. The second kappa shape index (κ2) is 7.00. The minimum absolute atomic E-state index is 0.157. The molecule has 2 aromatic rings. The summed E-state index contributed by atoms with van der Waals surface area (Å²) < 4.78 is 5.04. The lowest BCUT2D eigenvalue weighted by Gasteiger charge is -2.18. The van der Waals surface area contributed by atoms with Crippen molar-refractivity contribution in [2.45, 2.75) is 12.5 Å². The smallest absolute Gasteiger partial charge is 0.417 e. The molecule has 0 spiro atoms. The van der Waals surface area contributed by atoms with Gasteiger partial charge in [0.25, 0.3) is 5.91 Å². The number of phenols is 1. The van der Waals surface area contributed by atoms with Gasteiger partial charge in [0.2, 0.25) is 0 Å². The van der Waals surface area contributed by atoms with Crippen LogP contribution in [-0.2, 0) is 16.0 Å². The fraction of sp³-hybridized carbons (Fsp3) is 0.158. The van der Waals surface area contributed by atoms with Crippen LogP contribution in [0.1, 0.15) is 11.1 Å². The van der Waals surface area contributed by atoms with Gasteiger partial charge in [-0.1, -0.05) is 42.5 Å². The SMILES string of the molecule is O=C(/C=C/c1ccc(O)cc1)N1C(=O)OC[C@@H]1Cc1ccccc1. The summed E-state index contributed by atoms with van der Waals surface area (Å²) in [5.41, 5.74) is 1.80. The highest BCUT2D eigenvalue weighted by molar-refractivity contribution is 6.02. The van der Waals surface area contributed by atoms with Gasteiger partial charge in [0, 0.05) is 6.08 Å². The van der Waals surface area contributed by atoms with E-state index < -0.39 is 12.0 Å². The monoisotopic (exact) mass is 323 g/mol. The maximum atomic E-state index is 12.4. The van der Waals surface area contributed by atoms with Gasteiger partial charge in [0.15, 0.2) is 0 Å². The molecular formula is C19H17NO4. The molecule has 0 bridgehead atoms. The number of imide groups is 1. The second-order valence-electron chi connectivity index (χ2n) is 5.55. The normalized spacial score (nSPS) is 17.2. The average molecular weight is 323 g/mol. The molecule has 1 atom stereocenters. The summed E-state index contributed by atoms with van der Waals surface area (Å²) >= 11 is 0. The van der Waals surface area contributed by atoms with Gasteiger partial charge in [0.05, 0.1) is 6.04 Å². The van der Waals surface area contributed by atoms with Crippen LogP contribution in [0.25, 0.3) is 6.08 Å². The van der Waals surface area contributed by atoms with E-state index in [9.17, 15) is 14.7 Å². The van der Waals surface area contributed by atoms with Crippen molar-refractivity contribution in [3.63, 3.8) is 0 Å². The van der Waals surface area contributed by atoms with Crippen molar-refractivity contribution in [3.8, 4) is 5.75 Å². The van der Waals surface area contributed by atoms with Gasteiger partial charge in [-0.25, -0.2) is 9.69 Å². The van der Waals surface area contributed by atoms with Gasteiger partial charge in [-0.3, -0.25) is 4.79 Å². The van der Waals surface area contributed by atoms with Crippen molar-refractivity contribution in [3.05, 3.63) is 71.8 Å². The summed E-state index contributed by atoms with van der Waals surface area (Å²) in [5, 5.41) is 9.26. The van der Waals surface area contributed by atoms with Crippen molar-refractivity contribution < 1.29 is 19.4 Å². The predicted molar refractivity (Wildman–Crippen MR) is 89.3 cm³/mol. The molecule has 1 aliphatic rings. The Hall–Kier alpha value is -3.08. The van der Waals surface area contributed by atoms with E-state index in [1.165, 1.54) is 18.2 Å². The molecule has 2 aromatic carbocycles. The van der Waals surface area contributed by atoms with E-state index in [4.69, 9.17) is 4.74 Å². The zero-order chi connectivity index (χ0) is 16.9. The van der Waals surface area contributed by atoms with E-state index in [2.05, 4.69) is 0 Å². The van der Waals surface area contributed by atoms with E-state index in [1.54, 1.807) is 18.2 Å². The molecule has 122 valence electrons. The van der Waals surface area contributed by atoms with Gasteiger partial charge in [0.1, 0.15) is 12.4 Å². The van der Waals surface area contributed by atoms with Crippen molar-refractivity contribution in [1.29, 1.82) is 0 Å². The van der Waals surface area contributed by atoms with E-state index in [0.29, 0.717) is 6.42 Å². The van der Waals surface area contributed by atoms with E-state index in [0.717, 1.165) is 16.0 Å². The average Bonchev–Trinajstić information content (AvgIpc) is 2.95. The standard InChI is InChI=1S/C19H17NO4/c21-17-9-6-14(7-10-17)8-11-18(22)20-16(13-24-19(20)23)12-15-4-2-1-3-5-15/h1-11,16,21H,12-13H2/b11-8+/t16-/m0/s1. The van der Waals surface area contributed by atoms with Crippen LogP contribution in [0.4, 0.5) is 4.79 Å². The summed E-state index contributed by atoms with van der Waals surface area (Å²) in [6.45, 7) is 0.201. The van der Waals surface area contributed by atoms with Gasteiger partial charge in [-0.05, 0) is 35.8 Å². The highest BCUT2D eigenvalue weighted by Gasteiger charge is 2.36. The fourth-order valence-electron chi connectivity index (χ4n) is 2.60. The Morgan fingerprint density at radius 1 is 1.17 bits per heavy atom. The van der Waals surface area contributed by atoms with Gasteiger partial charge < -0.3 is 9.84 Å². The maximum Gasteiger partial charge on any atom is 0.417 e. The van der Waals surface area contributed by atoms with Crippen LogP contribution in [0, 0.1) is 0 Å². The highest BCUT2D eigenvalue weighted by atomic mass is 16.6. The molecule has 5 heteroatoms. The number of cyclic esters (lactones) is 1. The van der Waals surface area contributed by atoms with Crippen LogP contribution >= 0.6 is 0 Å². The number of carbonyl (C=O) groups is 2. The number of hydrogen-bond donors (Lipinski definition) is 1. The van der Waals surface area contributed by atoms with Crippen molar-refractivity contribution in [1.82, 2.24) is 4.90 Å². The lowest BCUT2D eigenvalue weighted by molar-refractivity contribution is -0.124. The molecule has 1 N–H and O–H groups in total. The molecule has 1 fully saturated rings. The number of benzene rings is 2. The first-order valence-corrected chi connectivity index (χ1v) is 7.64. The lowest BCUT2D eigenvalue weighted by atomic mass is 10.1. The van der Waals surface area contributed by atoms with Crippen LogP contribution in [0.3, 0.4) is 0 Å². The van der Waals surface area contributed by atoms with Crippen molar-refractivity contribution >= 4 is 18.1 Å². The Morgan fingerprint density at radius 3 is 2.58 bits per heavy atom.